The highest BCUT2D eigenvalue weighted by atomic mass is 32.2. The van der Waals surface area contributed by atoms with Crippen LogP contribution in [0.1, 0.15) is 16.8 Å². The summed E-state index contributed by atoms with van der Waals surface area (Å²) in [4.78, 5) is 22.0. The molecule has 0 unspecified atom stereocenters. The minimum absolute atomic E-state index is 0.176. The van der Waals surface area contributed by atoms with Crippen molar-refractivity contribution in [2.24, 2.45) is 5.84 Å². The van der Waals surface area contributed by atoms with Crippen molar-refractivity contribution in [1.82, 2.24) is 5.32 Å². The van der Waals surface area contributed by atoms with Gasteiger partial charge in [0.15, 0.2) is 5.82 Å². The van der Waals surface area contributed by atoms with E-state index in [9.17, 15) is 19.3 Å². The average Bonchev–Trinajstić information content (AvgIpc) is 2.42. The summed E-state index contributed by atoms with van der Waals surface area (Å²) in [6, 6.07) is 1.70. The van der Waals surface area contributed by atoms with Gasteiger partial charge in [-0.3, -0.25) is 20.8 Å². The lowest BCUT2D eigenvalue weighted by molar-refractivity contribution is -0.385. The zero-order valence-electron chi connectivity index (χ0n) is 10.8. The van der Waals surface area contributed by atoms with Gasteiger partial charge >= 0.3 is 0 Å². The Kier molecular flexibility index (Phi) is 6.19. The number of amides is 1. The molecule has 1 aromatic carbocycles. The standard InChI is InChI=1S/C11H15FN4O3S/c1-20-4-2-3-14-11(17)7-5-9(15-13)8(12)6-10(7)16(18)19/h5-6,15H,2-4,13H2,1H3,(H,14,17). The van der Waals surface area contributed by atoms with E-state index in [0.717, 1.165) is 18.2 Å². The average molecular weight is 302 g/mol. The first-order valence-electron chi connectivity index (χ1n) is 5.73. The summed E-state index contributed by atoms with van der Waals surface area (Å²) in [5.74, 6) is 4.43. The van der Waals surface area contributed by atoms with Gasteiger partial charge in [0.25, 0.3) is 11.6 Å². The Labute approximate surface area is 119 Å². The van der Waals surface area contributed by atoms with Crippen molar-refractivity contribution in [3.63, 3.8) is 0 Å². The number of nitro groups is 1. The molecule has 0 aliphatic heterocycles. The molecule has 1 rings (SSSR count). The fourth-order valence-corrected chi connectivity index (χ4v) is 1.95. The van der Waals surface area contributed by atoms with Crippen LogP contribution in [-0.4, -0.2) is 29.4 Å². The lowest BCUT2D eigenvalue weighted by Gasteiger charge is -2.08. The van der Waals surface area contributed by atoms with Crippen LogP contribution in [-0.2, 0) is 0 Å². The van der Waals surface area contributed by atoms with Crippen LogP contribution in [0.25, 0.3) is 0 Å². The van der Waals surface area contributed by atoms with Crippen molar-refractivity contribution in [1.29, 1.82) is 0 Å². The molecule has 0 atom stereocenters. The van der Waals surface area contributed by atoms with Gasteiger partial charge in [-0.15, -0.1) is 0 Å². The summed E-state index contributed by atoms with van der Waals surface area (Å²) in [7, 11) is 0. The Morgan fingerprint density at radius 2 is 2.25 bits per heavy atom. The zero-order valence-corrected chi connectivity index (χ0v) is 11.6. The zero-order chi connectivity index (χ0) is 15.1. The van der Waals surface area contributed by atoms with E-state index in [2.05, 4.69) is 10.7 Å². The van der Waals surface area contributed by atoms with E-state index >= 15 is 0 Å². The summed E-state index contributed by atoms with van der Waals surface area (Å²) >= 11 is 1.63. The number of nitrogens with one attached hydrogen (secondary N) is 2. The van der Waals surface area contributed by atoms with E-state index in [0.29, 0.717) is 12.6 Å². The van der Waals surface area contributed by atoms with Gasteiger partial charge < -0.3 is 10.7 Å². The molecule has 20 heavy (non-hydrogen) atoms. The molecule has 0 spiro atoms. The summed E-state index contributed by atoms with van der Waals surface area (Å²) < 4.78 is 13.4. The van der Waals surface area contributed by atoms with Crippen molar-refractivity contribution in [2.75, 3.05) is 24.0 Å². The predicted octanol–water partition coefficient (Wildman–Crippen LogP) is 1.50. The van der Waals surface area contributed by atoms with Crippen molar-refractivity contribution >= 4 is 29.0 Å². The van der Waals surface area contributed by atoms with Crippen molar-refractivity contribution in [3.05, 3.63) is 33.6 Å². The lowest BCUT2D eigenvalue weighted by Crippen LogP contribution is -2.26. The normalized spacial score (nSPS) is 10.2. The number of nitrogen functional groups attached to an aromatic ring is 1. The largest absolute Gasteiger partial charge is 0.352 e. The quantitative estimate of drug-likeness (QED) is 0.305. The Morgan fingerprint density at radius 1 is 1.55 bits per heavy atom. The Morgan fingerprint density at radius 3 is 2.80 bits per heavy atom. The van der Waals surface area contributed by atoms with E-state index < -0.39 is 22.3 Å². The molecule has 0 saturated carbocycles. The molecule has 0 aromatic heterocycles. The monoisotopic (exact) mass is 302 g/mol. The summed E-state index contributed by atoms with van der Waals surface area (Å²) in [6.45, 7) is 0.388. The number of hydrogen-bond acceptors (Lipinski definition) is 6. The SMILES string of the molecule is CSCCCNC(=O)c1cc(NN)c(F)cc1[N+](=O)[O-]. The van der Waals surface area contributed by atoms with Crippen LogP contribution in [0.15, 0.2) is 12.1 Å². The maximum absolute atomic E-state index is 13.4. The second-order valence-corrected chi connectivity index (χ2v) is 4.84. The minimum Gasteiger partial charge on any atom is -0.352 e. The first kappa shape index (κ1) is 16.2. The van der Waals surface area contributed by atoms with Crippen LogP contribution in [0, 0.1) is 15.9 Å². The molecule has 0 aliphatic carbocycles. The molecule has 1 amide bonds. The van der Waals surface area contributed by atoms with E-state index in [1.54, 1.807) is 11.8 Å². The Bertz CT molecular complexity index is 513. The van der Waals surface area contributed by atoms with Crippen LogP contribution in [0.3, 0.4) is 0 Å². The molecule has 9 heteroatoms. The molecule has 4 N–H and O–H groups in total. The van der Waals surface area contributed by atoms with E-state index in [-0.39, 0.29) is 11.3 Å². The molecule has 0 radical (unpaired) electrons. The van der Waals surface area contributed by atoms with E-state index in [1.807, 2.05) is 6.26 Å². The smallest absolute Gasteiger partial charge is 0.285 e. The Hall–Kier alpha value is -1.87. The number of thioether (sulfide) groups is 1. The number of hydrazine groups is 1. The number of rotatable bonds is 7. The van der Waals surface area contributed by atoms with Crippen LogP contribution in [0.2, 0.25) is 0 Å². The number of nitrogens with two attached hydrogens (primary N) is 1. The fraction of sp³-hybridized carbons (Fsp3) is 0.364. The number of nitrogens with zero attached hydrogens (tertiary/aromatic N) is 1. The molecule has 7 nitrogen and oxygen atoms in total. The van der Waals surface area contributed by atoms with Gasteiger partial charge in [-0.25, -0.2) is 4.39 Å². The number of carbonyl (C=O) groups is 1. The van der Waals surface area contributed by atoms with Gasteiger partial charge in [0, 0.05) is 6.54 Å². The number of nitro benzene ring substituents is 1. The maximum Gasteiger partial charge on any atom is 0.285 e. The summed E-state index contributed by atoms with van der Waals surface area (Å²) in [6.07, 6.45) is 2.68. The lowest BCUT2D eigenvalue weighted by atomic mass is 10.1. The molecule has 0 heterocycles. The highest BCUT2D eigenvalue weighted by molar-refractivity contribution is 7.98. The molecule has 0 saturated heterocycles. The molecular formula is C11H15FN4O3S. The first-order chi connectivity index (χ1) is 9.51. The summed E-state index contributed by atoms with van der Waals surface area (Å²) in [5.41, 5.74) is 1.05. The maximum atomic E-state index is 13.4. The molecule has 1 aromatic rings. The third-order valence-corrected chi connectivity index (χ3v) is 3.19. The van der Waals surface area contributed by atoms with Crippen LogP contribution in [0.5, 0.6) is 0 Å². The van der Waals surface area contributed by atoms with Gasteiger partial charge in [0.05, 0.1) is 16.7 Å². The second-order valence-electron chi connectivity index (χ2n) is 3.85. The first-order valence-corrected chi connectivity index (χ1v) is 7.12. The number of anilines is 1. The van der Waals surface area contributed by atoms with Gasteiger partial charge in [0.2, 0.25) is 0 Å². The van der Waals surface area contributed by atoms with Crippen LogP contribution in [0.4, 0.5) is 15.8 Å². The molecule has 0 bridgehead atoms. The third-order valence-electron chi connectivity index (χ3n) is 2.49. The van der Waals surface area contributed by atoms with Gasteiger partial charge in [-0.1, -0.05) is 0 Å². The predicted molar refractivity (Wildman–Crippen MR) is 76.2 cm³/mol. The number of carbonyl (C=O) groups excluding carboxylic acids is 1. The Balaban J connectivity index is 2.96. The highest BCUT2D eigenvalue weighted by Crippen LogP contribution is 2.25. The topological polar surface area (TPSA) is 110 Å². The van der Waals surface area contributed by atoms with Gasteiger partial charge in [-0.05, 0) is 24.5 Å². The summed E-state index contributed by atoms with van der Waals surface area (Å²) in [5, 5.41) is 13.4. The van der Waals surface area contributed by atoms with Gasteiger partial charge in [0.1, 0.15) is 5.56 Å². The third kappa shape index (κ3) is 4.07. The van der Waals surface area contributed by atoms with E-state index in [1.165, 1.54) is 0 Å². The fourth-order valence-electron chi connectivity index (χ4n) is 1.52. The molecule has 110 valence electrons. The molecular weight excluding hydrogens is 287 g/mol. The number of benzene rings is 1. The van der Waals surface area contributed by atoms with Crippen molar-refractivity contribution in [3.8, 4) is 0 Å². The van der Waals surface area contributed by atoms with Crippen LogP contribution < -0.4 is 16.6 Å². The highest BCUT2D eigenvalue weighted by Gasteiger charge is 2.23. The van der Waals surface area contributed by atoms with Gasteiger partial charge in [-0.2, -0.15) is 11.8 Å². The molecule has 0 aliphatic rings. The van der Waals surface area contributed by atoms with Crippen molar-refractivity contribution in [2.45, 2.75) is 6.42 Å². The van der Waals surface area contributed by atoms with E-state index in [4.69, 9.17) is 5.84 Å². The number of halogens is 1. The number of hydrogen-bond donors (Lipinski definition) is 3. The van der Waals surface area contributed by atoms with Crippen molar-refractivity contribution < 1.29 is 14.1 Å². The molecule has 0 fully saturated rings. The minimum atomic E-state index is -0.891. The van der Waals surface area contributed by atoms with Crippen LogP contribution >= 0.6 is 11.8 Å². The second kappa shape index (κ2) is 7.65.